The number of hydrogen-bond donors (Lipinski definition) is 1. The lowest BCUT2D eigenvalue weighted by Crippen LogP contribution is -2.45. The molecule has 3 heterocycles. The molecule has 0 spiro atoms. The molecule has 2 saturated carbocycles. The fraction of sp³-hybridized carbons (Fsp3) is 0.400. The first-order valence-corrected chi connectivity index (χ1v) is 15.2. The lowest BCUT2D eigenvalue weighted by atomic mass is 9.68. The van der Waals surface area contributed by atoms with E-state index >= 15 is 0 Å². The van der Waals surface area contributed by atoms with Crippen molar-refractivity contribution in [3.05, 3.63) is 74.7 Å². The smallest absolute Gasteiger partial charge is 0.329 e. The van der Waals surface area contributed by atoms with Crippen molar-refractivity contribution in [2.24, 2.45) is 29.6 Å². The maximum Gasteiger partial charge on any atom is 0.329 e. The van der Waals surface area contributed by atoms with Crippen molar-refractivity contribution in [2.75, 3.05) is 6.61 Å². The van der Waals surface area contributed by atoms with Gasteiger partial charge in [-0.15, -0.1) is 11.8 Å². The van der Waals surface area contributed by atoms with Gasteiger partial charge in [0, 0.05) is 16.0 Å². The minimum atomic E-state index is -0.927. The standard InChI is InChI=1S/C30H28N2O5S2/c1-3-37-29(35)14(2)32-27(33)22-18-13-19(23(22)28(32)34)24-21(18)20(25-26(38-24)31-30(36)39-25)17-11-9-16(10-12-17)15-7-5-4-6-8-15/h4-12,14,18-24H,3,13H2,1-2H3,(H,31,36). The number of aromatic amines is 1. The lowest BCUT2D eigenvalue weighted by molar-refractivity contribution is -0.158. The zero-order valence-electron chi connectivity index (χ0n) is 21.5. The molecular formula is C30H28N2O5S2. The van der Waals surface area contributed by atoms with Gasteiger partial charge in [-0.3, -0.25) is 19.3 Å². The summed E-state index contributed by atoms with van der Waals surface area (Å²) < 4.78 is 5.14. The van der Waals surface area contributed by atoms with Crippen molar-refractivity contribution in [3.63, 3.8) is 0 Å². The highest BCUT2D eigenvalue weighted by molar-refractivity contribution is 8.00. The number of hydrogen-bond acceptors (Lipinski definition) is 7. The van der Waals surface area contributed by atoms with Crippen LogP contribution in [0.2, 0.25) is 0 Å². The van der Waals surface area contributed by atoms with Gasteiger partial charge in [-0.25, -0.2) is 4.79 Å². The molecule has 1 N–H and O–H groups in total. The number of nitrogens with zero attached hydrogens (tertiary/aromatic N) is 1. The number of amides is 2. The van der Waals surface area contributed by atoms with Crippen LogP contribution in [0.15, 0.2) is 64.4 Å². The summed E-state index contributed by atoms with van der Waals surface area (Å²) in [6, 6.07) is 17.8. The van der Waals surface area contributed by atoms with Crippen LogP contribution in [-0.2, 0) is 19.1 Å². The Bertz CT molecular complexity index is 1530. The maximum atomic E-state index is 13.7. The van der Waals surface area contributed by atoms with Crippen LogP contribution < -0.4 is 4.87 Å². The van der Waals surface area contributed by atoms with Gasteiger partial charge in [-0.1, -0.05) is 65.9 Å². The fourth-order valence-corrected chi connectivity index (χ4v) is 10.6. The molecule has 2 aromatic carbocycles. The Morgan fingerprint density at radius 2 is 1.67 bits per heavy atom. The molecule has 8 unspecified atom stereocenters. The number of likely N-dealkylation sites (tertiary alicyclic amines) is 1. The summed E-state index contributed by atoms with van der Waals surface area (Å²) in [6.45, 7) is 3.49. The van der Waals surface area contributed by atoms with Crippen LogP contribution in [0.4, 0.5) is 0 Å². The van der Waals surface area contributed by atoms with Gasteiger partial charge in [0.05, 0.1) is 23.5 Å². The minimum absolute atomic E-state index is 0.0116. The van der Waals surface area contributed by atoms with Gasteiger partial charge in [0.15, 0.2) is 0 Å². The van der Waals surface area contributed by atoms with Gasteiger partial charge in [0.2, 0.25) is 11.8 Å². The summed E-state index contributed by atoms with van der Waals surface area (Å²) in [4.78, 5) is 57.5. The molecule has 4 aliphatic rings. The quantitative estimate of drug-likeness (QED) is 0.364. The SMILES string of the molecule is CCOC(=O)C(C)N1C(=O)C2C3CC(C2C1=O)C1C(c2ccc(-c4ccccc4)cc2)c2sc(=O)[nH]c2SC31. The Labute approximate surface area is 233 Å². The van der Waals surface area contributed by atoms with Gasteiger partial charge in [-0.2, -0.15) is 0 Å². The van der Waals surface area contributed by atoms with Crippen molar-refractivity contribution in [1.29, 1.82) is 0 Å². The first-order chi connectivity index (χ1) is 18.9. The number of thioether (sulfide) groups is 1. The van der Waals surface area contributed by atoms with Crippen molar-refractivity contribution >= 4 is 40.9 Å². The molecule has 0 radical (unpaired) electrons. The van der Waals surface area contributed by atoms with E-state index in [0.717, 1.165) is 33.0 Å². The van der Waals surface area contributed by atoms with E-state index in [-0.39, 0.29) is 52.2 Å². The first kappa shape index (κ1) is 24.8. The highest BCUT2D eigenvalue weighted by atomic mass is 32.2. The van der Waals surface area contributed by atoms with E-state index in [2.05, 4.69) is 41.4 Å². The molecule has 9 heteroatoms. The first-order valence-electron chi connectivity index (χ1n) is 13.5. The molecule has 2 aliphatic heterocycles. The molecule has 39 heavy (non-hydrogen) atoms. The summed E-state index contributed by atoms with van der Waals surface area (Å²) >= 11 is 2.92. The topological polar surface area (TPSA) is 96.5 Å². The molecule has 3 aromatic rings. The monoisotopic (exact) mass is 560 g/mol. The Balaban J connectivity index is 1.26. The van der Waals surface area contributed by atoms with Crippen LogP contribution in [0, 0.1) is 29.6 Å². The van der Waals surface area contributed by atoms with Gasteiger partial charge in [0.1, 0.15) is 6.04 Å². The predicted octanol–water partition coefficient (Wildman–Crippen LogP) is 4.53. The molecule has 2 aliphatic carbocycles. The second-order valence-corrected chi connectivity index (χ2v) is 13.1. The van der Waals surface area contributed by atoms with E-state index in [9.17, 15) is 19.2 Å². The zero-order chi connectivity index (χ0) is 27.0. The average molecular weight is 561 g/mol. The number of aromatic nitrogens is 1. The van der Waals surface area contributed by atoms with E-state index in [4.69, 9.17) is 4.74 Å². The average Bonchev–Trinajstić information content (AvgIpc) is 3.68. The largest absolute Gasteiger partial charge is 0.464 e. The third-order valence-corrected chi connectivity index (χ3v) is 11.7. The second kappa shape index (κ2) is 9.20. The van der Waals surface area contributed by atoms with Crippen molar-refractivity contribution in [1.82, 2.24) is 9.88 Å². The van der Waals surface area contributed by atoms with Crippen molar-refractivity contribution < 1.29 is 19.1 Å². The number of fused-ring (bicyclic) bond motifs is 9. The summed E-state index contributed by atoms with van der Waals surface area (Å²) in [5.41, 5.74) is 3.39. The number of thiazole rings is 1. The maximum absolute atomic E-state index is 13.7. The van der Waals surface area contributed by atoms with Crippen molar-refractivity contribution in [3.8, 4) is 11.1 Å². The van der Waals surface area contributed by atoms with Crippen LogP contribution in [-0.4, -0.2) is 45.6 Å². The minimum Gasteiger partial charge on any atom is -0.464 e. The Hall–Kier alpha value is -3.17. The van der Waals surface area contributed by atoms with E-state index in [1.165, 1.54) is 16.2 Å². The van der Waals surface area contributed by atoms with E-state index in [1.54, 1.807) is 25.6 Å². The number of ether oxygens (including phenoxy) is 1. The molecule has 1 saturated heterocycles. The third-order valence-electron chi connectivity index (χ3n) is 9.15. The van der Waals surface area contributed by atoms with Gasteiger partial charge in [-0.05, 0) is 54.7 Å². The molecule has 7 nitrogen and oxygen atoms in total. The molecule has 2 bridgehead atoms. The number of nitrogens with one attached hydrogen (secondary N) is 1. The van der Waals surface area contributed by atoms with Crippen LogP contribution in [0.1, 0.15) is 36.6 Å². The Morgan fingerprint density at radius 1 is 1.00 bits per heavy atom. The van der Waals surface area contributed by atoms with Crippen molar-refractivity contribution in [2.45, 2.75) is 42.5 Å². The molecule has 7 rings (SSSR count). The van der Waals surface area contributed by atoms with Gasteiger partial charge < -0.3 is 9.72 Å². The molecule has 1 aromatic heterocycles. The van der Waals surface area contributed by atoms with Crippen LogP contribution >= 0.6 is 23.1 Å². The Morgan fingerprint density at radius 3 is 2.36 bits per heavy atom. The number of carbonyl (C=O) groups excluding carboxylic acids is 3. The summed E-state index contributed by atoms with van der Waals surface area (Å²) in [5.74, 6) is -1.75. The van der Waals surface area contributed by atoms with E-state index in [0.29, 0.717) is 0 Å². The fourth-order valence-electron chi connectivity index (χ4n) is 7.68. The number of imide groups is 1. The molecule has 2 amide bonds. The Kier molecular flexibility index (Phi) is 5.86. The normalized spacial score (nSPS) is 31.1. The second-order valence-electron chi connectivity index (χ2n) is 10.9. The molecule has 200 valence electrons. The van der Waals surface area contributed by atoms with E-state index in [1.807, 2.05) is 18.2 Å². The summed E-state index contributed by atoms with van der Waals surface area (Å²) in [6.07, 6.45) is 0.814. The van der Waals surface area contributed by atoms with Gasteiger partial charge >= 0.3 is 10.8 Å². The molecular weight excluding hydrogens is 532 g/mol. The number of carbonyl (C=O) groups is 3. The molecule has 3 fully saturated rings. The van der Waals surface area contributed by atoms with Crippen LogP contribution in [0.5, 0.6) is 0 Å². The van der Waals surface area contributed by atoms with Crippen LogP contribution in [0.25, 0.3) is 11.1 Å². The number of esters is 1. The molecule has 8 atom stereocenters. The number of H-pyrrole nitrogens is 1. The zero-order valence-corrected chi connectivity index (χ0v) is 23.2. The van der Waals surface area contributed by atoms with E-state index < -0.39 is 23.8 Å². The summed E-state index contributed by atoms with van der Waals surface area (Å²) in [7, 11) is 0. The lowest BCUT2D eigenvalue weighted by Gasteiger charge is -2.43. The van der Waals surface area contributed by atoms with Crippen LogP contribution in [0.3, 0.4) is 0 Å². The number of benzene rings is 2. The van der Waals surface area contributed by atoms with Gasteiger partial charge in [0.25, 0.3) is 0 Å². The number of rotatable bonds is 5. The predicted molar refractivity (Wildman–Crippen MR) is 148 cm³/mol. The highest BCUT2D eigenvalue weighted by Gasteiger charge is 2.70. The highest BCUT2D eigenvalue weighted by Crippen LogP contribution is 2.68. The summed E-state index contributed by atoms with van der Waals surface area (Å²) in [5, 5.41) is 1.00. The third kappa shape index (κ3) is 3.62.